The lowest BCUT2D eigenvalue weighted by Gasteiger charge is -2.47. The van der Waals surface area contributed by atoms with E-state index in [1.54, 1.807) is 12.4 Å². The van der Waals surface area contributed by atoms with Gasteiger partial charge in [-0.3, -0.25) is 9.78 Å². The Morgan fingerprint density at radius 2 is 2.19 bits per heavy atom. The fourth-order valence-corrected chi connectivity index (χ4v) is 3.27. The van der Waals surface area contributed by atoms with Crippen LogP contribution in [0.4, 0.5) is 0 Å². The summed E-state index contributed by atoms with van der Waals surface area (Å²) >= 11 is 0. The number of nitrogens with zero attached hydrogens (tertiary/aromatic N) is 3. The van der Waals surface area contributed by atoms with Crippen LogP contribution >= 0.6 is 0 Å². The summed E-state index contributed by atoms with van der Waals surface area (Å²) in [6.45, 7) is 7.42. The molecule has 1 aromatic heterocycles. The van der Waals surface area contributed by atoms with Crippen molar-refractivity contribution in [2.45, 2.75) is 25.4 Å². The van der Waals surface area contributed by atoms with Crippen molar-refractivity contribution in [1.82, 2.24) is 14.8 Å². The minimum Gasteiger partial charge on any atom is -0.371 e. The van der Waals surface area contributed by atoms with E-state index < -0.39 is 0 Å². The highest BCUT2D eigenvalue weighted by Gasteiger charge is 2.40. The van der Waals surface area contributed by atoms with E-state index in [0.717, 1.165) is 32.5 Å². The number of carbonyl (C=O) groups excluding carboxylic acids is 1. The lowest BCUT2D eigenvalue weighted by atomic mass is 9.89. The maximum atomic E-state index is 12.6. The van der Waals surface area contributed by atoms with Gasteiger partial charge in [-0.1, -0.05) is 6.92 Å². The van der Waals surface area contributed by atoms with Gasteiger partial charge in [-0.05, 0) is 31.5 Å². The molecule has 0 unspecified atom stereocenters. The average Bonchev–Trinajstić information content (AvgIpc) is 2.56. The highest BCUT2D eigenvalue weighted by Crippen LogP contribution is 2.30. The predicted molar refractivity (Wildman–Crippen MR) is 80.2 cm³/mol. The second kappa shape index (κ2) is 6.12. The highest BCUT2D eigenvalue weighted by molar-refractivity contribution is 5.94. The Morgan fingerprint density at radius 1 is 1.38 bits per heavy atom. The second-order valence-corrected chi connectivity index (χ2v) is 5.93. The van der Waals surface area contributed by atoms with E-state index in [4.69, 9.17) is 4.74 Å². The van der Waals surface area contributed by atoms with Gasteiger partial charge in [0.05, 0.1) is 24.3 Å². The first-order chi connectivity index (χ1) is 10.2. The number of aromatic nitrogens is 1. The molecule has 0 aliphatic carbocycles. The third kappa shape index (κ3) is 3.09. The number of piperidine rings is 1. The summed E-state index contributed by atoms with van der Waals surface area (Å²) in [5, 5.41) is 0. The Balaban J connectivity index is 1.67. The minimum absolute atomic E-state index is 0.0729. The van der Waals surface area contributed by atoms with Crippen LogP contribution in [-0.2, 0) is 4.74 Å². The number of carbonyl (C=O) groups is 1. The van der Waals surface area contributed by atoms with Crippen molar-refractivity contribution in [3.05, 3.63) is 30.1 Å². The van der Waals surface area contributed by atoms with Crippen LogP contribution in [0.5, 0.6) is 0 Å². The highest BCUT2D eigenvalue weighted by atomic mass is 16.5. The van der Waals surface area contributed by atoms with Gasteiger partial charge in [-0.25, -0.2) is 0 Å². The van der Waals surface area contributed by atoms with Crippen molar-refractivity contribution in [2.75, 3.05) is 39.3 Å². The van der Waals surface area contributed by atoms with E-state index in [9.17, 15) is 4.79 Å². The molecular weight excluding hydrogens is 266 g/mol. The first-order valence-electron chi connectivity index (χ1n) is 7.78. The zero-order valence-electron chi connectivity index (χ0n) is 12.6. The van der Waals surface area contributed by atoms with E-state index in [0.29, 0.717) is 25.3 Å². The van der Waals surface area contributed by atoms with E-state index in [-0.39, 0.29) is 11.5 Å². The standard InChI is InChI=1S/C16H23N3O2/c1-2-18-8-5-16(6-9-18)13-19(10-11-21-16)15(20)14-4-3-7-17-12-14/h3-4,7,12H,2,5-6,8-11,13H2,1H3. The predicted octanol–water partition coefficient (Wildman–Crippen LogP) is 1.41. The summed E-state index contributed by atoms with van der Waals surface area (Å²) in [4.78, 5) is 21.0. The van der Waals surface area contributed by atoms with Crippen LogP contribution in [0.25, 0.3) is 0 Å². The summed E-state index contributed by atoms with van der Waals surface area (Å²) < 4.78 is 6.08. The van der Waals surface area contributed by atoms with Crippen LogP contribution in [0.15, 0.2) is 24.5 Å². The number of ether oxygens (including phenoxy) is 1. The van der Waals surface area contributed by atoms with Crippen LogP contribution in [0.2, 0.25) is 0 Å². The Kier molecular flexibility index (Phi) is 4.22. The van der Waals surface area contributed by atoms with Crippen LogP contribution in [0.1, 0.15) is 30.1 Å². The maximum absolute atomic E-state index is 12.6. The molecule has 2 fully saturated rings. The number of hydrogen-bond acceptors (Lipinski definition) is 4. The molecule has 0 aromatic carbocycles. The normalized spacial score (nSPS) is 22.4. The van der Waals surface area contributed by atoms with E-state index >= 15 is 0 Å². The molecule has 1 spiro atoms. The monoisotopic (exact) mass is 289 g/mol. The van der Waals surface area contributed by atoms with Crippen molar-refractivity contribution in [3.8, 4) is 0 Å². The second-order valence-electron chi connectivity index (χ2n) is 5.93. The molecule has 0 atom stereocenters. The molecule has 2 aliphatic rings. The third-order valence-corrected chi connectivity index (χ3v) is 4.66. The molecule has 0 saturated carbocycles. The fourth-order valence-electron chi connectivity index (χ4n) is 3.27. The van der Waals surface area contributed by atoms with Gasteiger partial charge in [0.25, 0.3) is 5.91 Å². The summed E-state index contributed by atoms with van der Waals surface area (Å²) in [5.74, 6) is 0.0729. The number of amides is 1. The summed E-state index contributed by atoms with van der Waals surface area (Å²) in [6.07, 6.45) is 5.36. The van der Waals surface area contributed by atoms with Gasteiger partial charge in [0, 0.05) is 32.0 Å². The molecular formula is C16H23N3O2. The molecule has 2 aliphatic heterocycles. The lowest BCUT2D eigenvalue weighted by molar-refractivity contribution is -0.126. The first kappa shape index (κ1) is 14.5. The molecule has 21 heavy (non-hydrogen) atoms. The van der Waals surface area contributed by atoms with Gasteiger partial charge in [-0.2, -0.15) is 0 Å². The van der Waals surface area contributed by atoms with Crippen LogP contribution in [-0.4, -0.2) is 65.6 Å². The Bertz CT molecular complexity index is 484. The lowest BCUT2D eigenvalue weighted by Crippen LogP contribution is -2.58. The molecule has 3 rings (SSSR count). The smallest absolute Gasteiger partial charge is 0.255 e. The molecule has 3 heterocycles. The largest absolute Gasteiger partial charge is 0.371 e. The molecule has 1 aromatic rings. The van der Waals surface area contributed by atoms with E-state index in [1.165, 1.54) is 0 Å². The van der Waals surface area contributed by atoms with Crippen molar-refractivity contribution in [1.29, 1.82) is 0 Å². The van der Waals surface area contributed by atoms with Crippen molar-refractivity contribution < 1.29 is 9.53 Å². The van der Waals surface area contributed by atoms with Gasteiger partial charge in [0.1, 0.15) is 0 Å². The minimum atomic E-state index is -0.137. The Morgan fingerprint density at radius 3 is 2.86 bits per heavy atom. The zero-order chi connectivity index (χ0) is 14.7. The third-order valence-electron chi connectivity index (χ3n) is 4.66. The van der Waals surface area contributed by atoms with Crippen LogP contribution in [0.3, 0.4) is 0 Å². The molecule has 5 nitrogen and oxygen atoms in total. The quantitative estimate of drug-likeness (QED) is 0.826. The number of morpholine rings is 1. The number of pyridine rings is 1. The Labute approximate surface area is 125 Å². The van der Waals surface area contributed by atoms with Gasteiger partial charge in [0.15, 0.2) is 0 Å². The van der Waals surface area contributed by atoms with E-state index in [2.05, 4.69) is 16.8 Å². The van der Waals surface area contributed by atoms with Crippen LogP contribution in [0, 0.1) is 0 Å². The van der Waals surface area contributed by atoms with Gasteiger partial charge >= 0.3 is 0 Å². The topological polar surface area (TPSA) is 45.7 Å². The zero-order valence-corrected chi connectivity index (χ0v) is 12.6. The summed E-state index contributed by atoms with van der Waals surface area (Å²) in [5.41, 5.74) is 0.530. The molecule has 0 radical (unpaired) electrons. The average molecular weight is 289 g/mol. The van der Waals surface area contributed by atoms with Gasteiger partial charge in [-0.15, -0.1) is 0 Å². The van der Waals surface area contributed by atoms with Crippen LogP contribution < -0.4 is 0 Å². The fraction of sp³-hybridized carbons (Fsp3) is 0.625. The molecule has 0 N–H and O–H groups in total. The molecule has 2 saturated heterocycles. The SMILES string of the molecule is CCN1CCC2(CC1)CN(C(=O)c1cccnc1)CCO2. The molecule has 1 amide bonds. The molecule has 114 valence electrons. The number of rotatable bonds is 2. The molecule has 0 bridgehead atoms. The van der Waals surface area contributed by atoms with Crippen molar-refractivity contribution in [2.24, 2.45) is 0 Å². The molecule has 5 heteroatoms. The van der Waals surface area contributed by atoms with Gasteiger partial charge in [0.2, 0.25) is 0 Å². The summed E-state index contributed by atoms with van der Waals surface area (Å²) in [6, 6.07) is 3.64. The van der Waals surface area contributed by atoms with Crippen molar-refractivity contribution >= 4 is 5.91 Å². The van der Waals surface area contributed by atoms with E-state index in [1.807, 2.05) is 17.0 Å². The van der Waals surface area contributed by atoms with Crippen molar-refractivity contribution in [3.63, 3.8) is 0 Å². The number of hydrogen-bond donors (Lipinski definition) is 0. The first-order valence-corrected chi connectivity index (χ1v) is 7.78. The number of likely N-dealkylation sites (tertiary alicyclic amines) is 1. The van der Waals surface area contributed by atoms with Gasteiger partial charge < -0.3 is 14.5 Å². The Hall–Kier alpha value is -1.46. The maximum Gasteiger partial charge on any atom is 0.255 e. The summed E-state index contributed by atoms with van der Waals surface area (Å²) in [7, 11) is 0.